The van der Waals surface area contributed by atoms with Crippen molar-refractivity contribution in [3.63, 3.8) is 0 Å². The van der Waals surface area contributed by atoms with Crippen LogP contribution in [0.1, 0.15) is 13.3 Å². The summed E-state index contributed by atoms with van der Waals surface area (Å²) in [6, 6.07) is 6.41. The zero-order chi connectivity index (χ0) is 13.1. The van der Waals surface area contributed by atoms with Crippen LogP contribution in [0.3, 0.4) is 0 Å². The largest absolute Gasteiger partial charge is 0.508 e. The molecule has 18 heavy (non-hydrogen) atoms. The number of hydrogen-bond acceptors (Lipinski definition) is 3. The molecule has 1 heterocycles. The lowest BCUT2D eigenvalue weighted by Crippen LogP contribution is -2.32. The monoisotopic (exact) mass is 248 g/mol. The Bertz CT molecular complexity index is 456. The SMILES string of the molecule is CCNC(=O)C1CC(=O)N(c2ccc(O)cc2)C1. The van der Waals surface area contributed by atoms with Crippen LogP contribution in [-0.4, -0.2) is 30.0 Å². The molecule has 1 aliphatic rings. The van der Waals surface area contributed by atoms with E-state index < -0.39 is 0 Å². The first-order valence-corrected chi connectivity index (χ1v) is 5.99. The van der Waals surface area contributed by atoms with Crippen molar-refractivity contribution in [3.05, 3.63) is 24.3 Å². The molecule has 1 atom stereocenters. The Morgan fingerprint density at radius 3 is 2.72 bits per heavy atom. The molecular formula is C13H16N2O3. The van der Waals surface area contributed by atoms with E-state index in [1.54, 1.807) is 17.0 Å². The average Bonchev–Trinajstić information content (AvgIpc) is 2.73. The lowest BCUT2D eigenvalue weighted by atomic mass is 10.1. The summed E-state index contributed by atoms with van der Waals surface area (Å²) in [5, 5.41) is 11.9. The summed E-state index contributed by atoms with van der Waals surface area (Å²) in [7, 11) is 0. The second-order valence-corrected chi connectivity index (χ2v) is 4.32. The number of amides is 2. The summed E-state index contributed by atoms with van der Waals surface area (Å²) in [5.74, 6) is -0.263. The first-order chi connectivity index (χ1) is 8.61. The van der Waals surface area contributed by atoms with Gasteiger partial charge in [-0.25, -0.2) is 0 Å². The Morgan fingerprint density at radius 2 is 2.11 bits per heavy atom. The minimum Gasteiger partial charge on any atom is -0.508 e. The minimum atomic E-state index is -0.286. The topological polar surface area (TPSA) is 69.6 Å². The van der Waals surface area contributed by atoms with Gasteiger partial charge in [0.25, 0.3) is 0 Å². The standard InChI is InChI=1S/C13H16N2O3/c1-2-14-13(18)9-7-12(17)15(8-9)10-3-5-11(16)6-4-10/h3-6,9,16H,2,7-8H2,1H3,(H,14,18). The Morgan fingerprint density at radius 1 is 1.44 bits per heavy atom. The summed E-state index contributed by atoms with van der Waals surface area (Å²) in [5.41, 5.74) is 0.713. The van der Waals surface area contributed by atoms with Gasteiger partial charge in [0.1, 0.15) is 5.75 Å². The normalized spacial score (nSPS) is 19.1. The van der Waals surface area contributed by atoms with Gasteiger partial charge in [-0.2, -0.15) is 0 Å². The molecular weight excluding hydrogens is 232 g/mol. The third kappa shape index (κ3) is 2.45. The first kappa shape index (κ1) is 12.4. The maximum absolute atomic E-state index is 11.9. The third-order valence-corrected chi connectivity index (χ3v) is 3.01. The van der Waals surface area contributed by atoms with Crippen LogP contribution >= 0.6 is 0 Å². The molecule has 1 aromatic rings. The molecule has 0 saturated carbocycles. The van der Waals surface area contributed by atoms with Gasteiger partial charge in [0.05, 0.1) is 5.92 Å². The molecule has 5 nitrogen and oxygen atoms in total. The summed E-state index contributed by atoms with van der Waals surface area (Å²) in [6.45, 7) is 2.82. The van der Waals surface area contributed by atoms with Crippen LogP contribution in [0, 0.1) is 5.92 Å². The number of phenols is 1. The van der Waals surface area contributed by atoms with Gasteiger partial charge in [-0.3, -0.25) is 9.59 Å². The fourth-order valence-corrected chi connectivity index (χ4v) is 2.08. The van der Waals surface area contributed by atoms with Gasteiger partial charge in [0.2, 0.25) is 11.8 Å². The molecule has 1 fully saturated rings. The van der Waals surface area contributed by atoms with Gasteiger partial charge in [0, 0.05) is 25.2 Å². The summed E-state index contributed by atoms with van der Waals surface area (Å²) < 4.78 is 0. The van der Waals surface area contributed by atoms with Gasteiger partial charge in [0.15, 0.2) is 0 Å². The maximum atomic E-state index is 11.9. The number of rotatable bonds is 3. The molecule has 0 aromatic heterocycles. The zero-order valence-electron chi connectivity index (χ0n) is 10.2. The van der Waals surface area contributed by atoms with Crippen molar-refractivity contribution in [3.8, 4) is 5.75 Å². The van der Waals surface area contributed by atoms with E-state index in [1.165, 1.54) is 12.1 Å². The van der Waals surface area contributed by atoms with Crippen LogP contribution in [0.4, 0.5) is 5.69 Å². The van der Waals surface area contributed by atoms with Gasteiger partial charge in [-0.1, -0.05) is 0 Å². The van der Waals surface area contributed by atoms with E-state index in [0.717, 1.165) is 0 Å². The van der Waals surface area contributed by atoms with Crippen molar-refractivity contribution in [2.24, 2.45) is 5.92 Å². The highest BCUT2D eigenvalue weighted by molar-refractivity contribution is 6.00. The van der Waals surface area contributed by atoms with Crippen LogP contribution < -0.4 is 10.2 Å². The van der Waals surface area contributed by atoms with Gasteiger partial charge < -0.3 is 15.3 Å². The van der Waals surface area contributed by atoms with Crippen molar-refractivity contribution in [2.45, 2.75) is 13.3 Å². The molecule has 1 aliphatic heterocycles. The quantitative estimate of drug-likeness (QED) is 0.834. The van der Waals surface area contributed by atoms with E-state index in [1.807, 2.05) is 6.92 Å². The third-order valence-electron chi connectivity index (χ3n) is 3.01. The highest BCUT2D eigenvalue weighted by Crippen LogP contribution is 2.26. The van der Waals surface area contributed by atoms with E-state index in [9.17, 15) is 14.7 Å². The number of aromatic hydroxyl groups is 1. The Kier molecular flexibility index (Phi) is 3.50. The average molecular weight is 248 g/mol. The molecule has 2 N–H and O–H groups in total. The van der Waals surface area contributed by atoms with E-state index >= 15 is 0 Å². The van der Waals surface area contributed by atoms with Crippen molar-refractivity contribution < 1.29 is 14.7 Å². The Balaban J connectivity index is 2.10. The summed E-state index contributed by atoms with van der Waals surface area (Å²) in [4.78, 5) is 25.1. The minimum absolute atomic E-state index is 0.0584. The number of nitrogens with one attached hydrogen (secondary N) is 1. The van der Waals surface area contributed by atoms with Crippen LogP contribution in [-0.2, 0) is 9.59 Å². The molecule has 1 saturated heterocycles. The van der Waals surface area contributed by atoms with Gasteiger partial charge in [-0.05, 0) is 31.2 Å². The number of anilines is 1. The molecule has 5 heteroatoms. The van der Waals surface area contributed by atoms with Crippen molar-refractivity contribution in [2.75, 3.05) is 18.0 Å². The first-order valence-electron chi connectivity index (χ1n) is 5.99. The number of phenolic OH excluding ortho intramolecular Hbond substituents is 1. The van der Waals surface area contributed by atoms with Crippen LogP contribution in [0.5, 0.6) is 5.75 Å². The fraction of sp³-hybridized carbons (Fsp3) is 0.385. The highest BCUT2D eigenvalue weighted by atomic mass is 16.3. The molecule has 0 aliphatic carbocycles. The van der Waals surface area contributed by atoms with Crippen molar-refractivity contribution >= 4 is 17.5 Å². The Labute approximate surface area is 105 Å². The summed E-state index contributed by atoms with van der Waals surface area (Å²) in [6.07, 6.45) is 0.243. The second-order valence-electron chi connectivity index (χ2n) is 4.32. The molecule has 96 valence electrons. The second kappa shape index (κ2) is 5.08. The molecule has 1 aromatic carbocycles. The molecule has 0 spiro atoms. The smallest absolute Gasteiger partial charge is 0.227 e. The van der Waals surface area contributed by atoms with Crippen LogP contribution in [0.2, 0.25) is 0 Å². The van der Waals surface area contributed by atoms with Crippen LogP contribution in [0.25, 0.3) is 0 Å². The number of carbonyl (C=O) groups is 2. The molecule has 2 rings (SSSR count). The molecule has 0 bridgehead atoms. The fourth-order valence-electron chi connectivity index (χ4n) is 2.08. The number of nitrogens with zero attached hydrogens (tertiary/aromatic N) is 1. The van der Waals surface area contributed by atoms with E-state index in [4.69, 9.17) is 0 Å². The van der Waals surface area contributed by atoms with Crippen LogP contribution in [0.15, 0.2) is 24.3 Å². The predicted octanol–water partition coefficient (Wildman–Crippen LogP) is 0.881. The van der Waals surface area contributed by atoms with E-state index in [0.29, 0.717) is 18.8 Å². The molecule has 0 radical (unpaired) electrons. The van der Waals surface area contributed by atoms with Gasteiger partial charge in [-0.15, -0.1) is 0 Å². The maximum Gasteiger partial charge on any atom is 0.227 e. The lowest BCUT2D eigenvalue weighted by molar-refractivity contribution is -0.126. The predicted molar refractivity (Wildman–Crippen MR) is 67.3 cm³/mol. The Hall–Kier alpha value is -2.04. The number of benzene rings is 1. The molecule has 2 amide bonds. The highest BCUT2D eigenvalue weighted by Gasteiger charge is 2.34. The zero-order valence-corrected chi connectivity index (χ0v) is 10.2. The molecule has 1 unspecified atom stereocenters. The van der Waals surface area contributed by atoms with E-state index in [2.05, 4.69) is 5.32 Å². The number of hydrogen-bond donors (Lipinski definition) is 2. The van der Waals surface area contributed by atoms with Crippen molar-refractivity contribution in [1.82, 2.24) is 5.32 Å². The van der Waals surface area contributed by atoms with Gasteiger partial charge >= 0.3 is 0 Å². The summed E-state index contributed by atoms with van der Waals surface area (Å²) >= 11 is 0. The van der Waals surface area contributed by atoms with Crippen molar-refractivity contribution in [1.29, 1.82) is 0 Å². The lowest BCUT2D eigenvalue weighted by Gasteiger charge is -2.16. The number of carbonyl (C=O) groups excluding carboxylic acids is 2. The van der Waals surface area contributed by atoms with E-state index in [-0.39, 0.29) is 29.9 Å².